The van der Waals surface area contributed by atoms with Crippen LogP contribution < -0.4 is 0 Å². The molecule has 1 saturated heterocycles. The van der Waals surface area contributed by atoms with Gasteiger partial charge in [0.1, 0.15) is 5.78 Å². The Labute approximate surface area is 101 Å². The molecule has 0 bridgehead atoms. The number of carbonyl (C=O) groups excluding carboxylic acids is 2. The molecule has 1 amide bonds. The first-order chi connectivity index (χ1) is 8.25. The van der Waals surface area contributed by atoms with Crippen molar-refractivity contribution >= 4 is 17.8 Å². The second-order valence-electron chi connectivity index (χ2n) is 4.11. The highest BCUT2D eigenvalue weighted by Gasteiger charge is 2.18. The molecule has 0 aliphatic carbocycles. The maximum Gasteiger partial charge on any atom is 0.246 e. The summed E-state index contributed by atoms with van der Waals surface area (Å²) < 4.78 is 0. The summed E-state index contributed by atoms with van der Waals surface area (Å²) in [6, 6.07) is 9.70. The largest absolute Gasteiger partial charge is 0.338 e. The summed E-state index contributed by atoms with van der Waals surface area (Å²) in [5.74, 6) is 0.238. The quantitative estimate of drug-likeness (QED) is 0.726. The molecule has 0 spiro atoms. The molecule has 0 radical (unpaired) electrons. The van der Waals surface area contributed by atoms with Gasteiger partial charge in [0, 0.05) is 32.0 Å². The molecule has 1 aromatic rings. The Morgan fingerprint density at radius 1 is 1.12 bits per heavy atom. The third-order valence-electron chi connectivity index (χ3n) is 2.85. The maximum atomic E-state index is 11.8. The number of Topliss-reactive ketones (excluding diaryl/α,β-unsaturated/α-hetero) is 1. The molecule has 2 rings (SSSR count). The van der Waals surface area contributed by atoms with Gasteiger partial charge >= 0.3 is 0 Å². The van der Waals surface area contributed by atoms with Gasteiger partial charge in [0.25, 0.3) is 0 Å². The van der Waals surface area contributed by atoms with Gasteiger partial charge in [-0.2, -0.15) is 0 Å². The van der Waals surface area contributed by atoms with Crippen LogP contribution in [0.5, 0.6) is 0 Å². The van der Waals surface area contributed by atoms with Crippen LogP contribution >= 0.6 is 0 Å². The van der Waals surface area contributed by atoms with Gasteiger partial charge in [-0.3, -0.25) is 9.59 Å². The lowest BCUT2D eigenvalue weighted by Crippen LogP contribution is -2.37. The van der Waals surface area contributed by atoms with Gasteiger partial charge in [-0.1, -0.05) is 30.3 Å². The van der Waals surface area contributed by atoms with E-state index in [0.29, 0.717) is 25.9 Å². The molecule has 1 heterocycles. The van der Waals surface area contributed by atoms with Crippen LogP contribution in [0, 0.1) is 0 Å². The zero-order valence-corrected chi connectivity index (χ0v) is 9.63. The molecule has 0 saturated carbocycles. The molecule has 0 unspecified atom stereocenters. The highest BCUT2D eigenvalue weighted by Crippen LogP contribution is 2.07. The van der Waals surface area contributed by atoms with E-state index in [1.54, 1.807) is 17.1 Å². The normalized spacial score (nSPS) is 16.5. The lowest BCUT2D eigenvalue weighted by Gasteiger charge is -2.24. The number of hydrogen-bond acceptors (Lipinski definition) is 2. The van der Waals surface area contributed by atoms with E-state index in [1.807, 2.05) is 30.3 Å². The van der Waals surface area contributed by atoms with Crippen molar-refractivity contribution in [3.63, 3.8) is 0 Å². The van der Waals surface area contributed by atoms with Crippen molar-refractivity contribution in [3.05, 3.63) is 42.0 Å². The summed E-state index contributed by atoms with van der Waals surface area (Å²) in [6.45, 7) is 1.10. The zero-order chi connectivity index (χ0) is 12.1. The molecule has 1 aromatic carbocycles. The van der Waals surface area contributed by atoms with Crippen LogP contribution in [0.2, 0.25) is 0 Å². The Hall–Kier alpha value is -1.90. The first-order valence-electron chi connectivity index (χ1n) is 5.79. The molecular weight excluding hydrogens is 214 g/mol. The average Bonchev–Trinajstić information content (AvgIpc) is 2.38. The third-order valence-corrected chi connectivity index (χ3v) is 2.85. The topological polar surface area (TPSA) is 37.4 Å². The molecule has 3 heteroatoms. The fourth-order valence-corrected chi connectivity index (χ4v) is 1.81. The Kier molecular flexibility index (Phi) is 3.70. The molecule has 3 nitrogen and oxygen atoms in total. The Bertz CT molecular complexity index is 427. The molecule has 1 aliphatic heterocycles. The lowest BCUT2D eigenvalue weighted by atomic mass is 10.1. The fraction of sp³-hybridized carbons (Fsp3) is 0.286. The first-order valence-corrected chi connectivity index (χ1v) is 5.79. The van der Waals surface area contributed by atoms with E-state index in [9.17, 15) is 9.59 Å². The maximum absolute atomic E-state index is 11.8. The van der Waals surface area contributed by atoms with E-state index >= 15 is 0 Å². The van der Waals surface area contributed by atoms with Gasteiger partial charge in [0.2, 0.25) is 5.91 Å². The predicted molar refractivity (Wildman–Crippen MR) is 66.3 cm³/mol. The summed E-state index contributed by atoms with van der Waals surface area (Å²) in [6.07, 6.45) is 4.36. The van der Waals surface area contributed by atoms with Crippen LogP contribution in [-0.4, -0.2) is 29.7 Å². The van der Waals surface area contributed by atoms with E-state index < -0.39 is 0 Å². The molecule has 0 N–H and O–H groups in total. The number of rotatable bonds is 2. The third kappa shape index (κ3) is 3.28. The summed E-state index contributed by atoms with van der Waals surface area (Å²) >= 11 is 0. The summed E-state index contributed by atoms with van der Waals surface area (Å²) in [4.78, 5) is 24.6. The standard InChI is InChI=1S/C14H15NO2/c16-13-8-10-15(11-9-13)14(17)7-6-12-4-2-1-3-5-12/h1-7H,8-11H2/b7-6+. The zero-order valence-electron chi connectivity index (χ0n) is 9.63. The number of carbonyl (C=O) groups is 2. The molecule has 0 atom stereocenters. The molecule has 0 aromatic heterocycles. The van der Waals surface area contributed by atoms with Gasteiger partial charge in [-0.15, -0.1) is 0 Å². The van der Waals surface area contributed by atoms with Crippen molar-refractivity contribution in [2.75, 3.05) is 13.1 Å². The summed E-state index contributed by atoms with van der Waals surface area (Å²) in [5.41, 5.74) is 1.01. The highest BCUT2D eigenvalue weighted by atomic mass is 16.2. The van der Waals surface area contributed by atoms with Gasteiger partial charge in [-0.25, -0.2) is 0 Å². The molecule has 88 valence electrons. The van der Waals surface area contributed by atoms with Gasteiger partial charge < -0.3 is 4.90 Å². The van der Waals surface area contributed by atoms with Crippen LogP contribution in [0.3, 0.4) is 0 Å². The van der Waals surface area contributed by atoms with Crippen LogP contribution in [0.4, 0.5) is 0 Å². The number of likely N-dealkylation sites (tertiary alicyclic amines) is 1. The molecular formula is C14H15NO2. The monoisotopic (exact) mass is 229 g/mol. The van der Waals surface area contributed by atoms with Crippen LogP contribution in [0.25, 0.3) is 6.08 Å². The van der Waals surface area contributed by atoms with Crippen LogP contribution in [-0.2, 0) is 9.59 Å². The van der Waals surface area contributed by atoms with Crippen LogP contribution in [0.15, 0.2) is 36.4 Å². The lowest BCUT2D eigenvalue weighted by molar-refractivity contribution is -0.130. The summed E-state index contributed by atoms with van der Waals surface area (Å²) in [7, 11) is 0. The smallest absolute Gasteiger partial charge is 0.246 e. The SMILES string of the molecule is O=C1CCN(C(=O)/C=C/c2ccccc2)CC1. The van der Waals surface area contributed by atoms with E-state index in [-0.39, 0.29) is 11.7 Å². The molecule has 1 aliphatic rings. The Morgan fingerprint density at radius 2 is 1.76 bits per heavy atom. The average molecular weight is 229 g/mol. The minimum Gasteiger partial charge on any atom is -0.338 e. The summed E-state index contributed by atoms with van der Waals surface area (Å²) in [5, 5.41) is 0. The fourth-order valence-electron chi connectivity index (χ4n) is 1.81. The Morgan fingerprint density at radius 3 is 2.41 bits per heavy atom. The van der Waals surface area contributed by atoms with Crippen molar-refractivity contribution < 1.29 is 9.59 Å². The van der Waals surface area contributed by atoms with Crippen molar-refractivity contribution in [2.45, 2.75) is 12.8 Å². The van der Waals surface area contributed by atoms with E-state index in [2.05, 4.69) is 0 Å². The minimum atomic E-state index is -0.0126. The number of nitrogens with zero attached hydrogens (tertiary/aromatic N) is 1. The second kappa shape index (κ2) is 5.43. The Balaban J connectivity index is 1.93. The van der Waals surface area contributed by atoms with E-state index in [0.717, 1.165) is 5.56 Å². The number of benzene rings is 1. The second-order valence-corrected chi connectivity index (χ2v) is 4.11. The highest BCUT2D eigenvalue weighted by molar-refractivity contribution is 5.93. The molecule has 1 fully saturated rings. The number of ketones is 1. The number of piperidine rings is 1. The van der Waals surface area contributed by atoms with Crippen LogP contribution in [0.1, 0.15) is 18.4 Å². The van der Waals surface area contributed by atoms with Gasteiger partial charge in [0.15, 0.2) is 0 Å². The van der Waals surface area contributed by atoms with E-state index in [4.69, 9.17) is 0 Å². The van der Waals surface area contributed by atoms with Crippen molar-refractivity contribution in [3.8, 4) is 0 Å². The van der Waals surface area contributed by atoms with Crippen molar-refractivity contribution in [1.82, 2.24) is 4.90 Å². The predicted octanol–water partition coefficient (Wildman–Crippen LogP) is 1.89. The van der Waals surface area contributed by atoms with E-state index in [1.165, 1.54) is 0 Å². The minimum absolute atomic E-state index is 0.0126. The first kappa shape index (κ1) is 11.6. The number of amides is 1. The molecule has 17 heavy (non-hydrogen) atoms. The number of hydrogen-bond donors (Lipinski definition) is 0. The van der Waals surface area contributed by atoms with Gasteiger partial charge in [-0.05, 0) is 11.6 Å². The van der Waals surface area contributed by atoms with Gasteiger partial charge in [0.05, 0.1) is 0 Å². The van der Waals surface area contributed by atoms with Crippen molar-refractivity contribution in [2.24, 2.45) is 0 Å². The van der Waals surface area contributed by atoms with Crippen molar-refractivity contribution in [1.29, 1.82) is 0 Å².